The number of aryl methyl sites for hydroxylation is 1. The SMILES string of the molecule is Cc1nc(NC[C@H](NC(=O)OCc2ccccc2)[C@@H](O)OC(C)(C)C)c(C)c(N2CCC(c3ccc4cccnc4n3)CC2)n1. The summed E-state index contributed by atoms with van der Waals surface area (Å²) in [6, 6.07) is 16.8. The van der Waals surface area contributed by atoms with Crippen molar-refractivity contribution in [1.29, 1.82) is 0 Å². The zero-order valence-corrected chi connectivity index (χ0v) is 26.7. The number of pyridine rings is 2. The molecule has 11 nitrogen and oxygen atoms in total. The molecule has 3 N–H and O–H groups in total. The second-order valence-electron chi connectivity index (χ2n) is 12.4. The van der Waals surface area contributed by atoms with Crippen molar-refractivity contribution in [2.24, 2.45) is 0 Å². The number of ether oxygens (including phenoxy) is 2. The van der Waals surface area contributed by atoms with E-state index >= 15 is 0 Å². The van der Waals surface area contributed by atoms with E-state index in [1.165, 1.54) is 0 Å². The average Bonchev–Trinajstić information content (AvgIpc) is 3.02. The van der Waals surface area contributed by atoms with Crippen molar-refractivity contribution < 1.29 is 19.4 Å². The fourth-order valence-electron chi connectivity index (χ4n) is 5.47. The number of piperidine rings is 1. The number of nitrogens with one attached hydrogen (secondary N) is 2. The Morgan fingerprint density at radius 2 is 1.78 bits per heavy atom. The normalized spacial score (nSPS) is 15.5. The smallest absolute Gasteiger partial charge is 0.407 e. The number of carbonyl (C=O) groups is 1. The minimum absolute atomic E-state index is 0.112. The van der Waals surface area contributed by atoms with E-state index in [4.69, 9.17) is 19.4 Å². The maximum atomic E-state index is 12.7. The van der Waals surface area contributed by atoms with Crippen LogP contribution in [0.2, 0.25) is 0 Å². The summed E-state index contributed by atoms with van der Waals surface area (Å²) in [6.45, 7) is 11.3. The lowest BCUT2D eigenvalue weighted by Gasteiger charge is -2.34. The molecule has 1 amide bonds. The number of alkyl carbamates (subject to hydrolysis) is 1. The molecule has 0 bridgehead atoms. The Labute approximate surface area is 264 Å². The molecule has 4 aromatic rings. The molecule has 45 heavy (non-hydrogen) atoms. The highest BCUT2D eigenvalue weighted by atomic mass is 16.6. The molecule has 4 heterocycles. The van der Waals surface area contributed by atoms with Crippen LogP contribution < -0.4 is 15.5 Å². The molecule has 0 radical (unpaired) electrons. The molecule has 238 valence electrons. The van der Waals surface area contributed by atoms with Gasteiger partial charge in [0.2, 0.25) is 0 Å². The number of nitrogens with zero attached hydrogens (tertiary/aromatic N) is 5. The summed E-state index contributed by atoms with van der Waals surface area (Å²) in [5, 5.41) is 18.1. The fraction of sp³-hybridized carbons (Fsp3) is 0.441. The topological polar surface area (TPSA) is 135 Å². The van der Waals surface area contributed by atoms with Gasteiger partial charge in [-0.15, -0.1) is 0 Å². The number of aromatic nitrogens is 4. The van der Waals surface area contributed by atoms with E-state index in [1.807, 2.05) is 77.1 Å². The average molecular weight is 614 g/mol. The lowest BCUT2D eigenvalue weighted by molar-refractivity contribution is -0.177. The van der Waals surface area contributed by atoms with Crippen molar-refractivity contribution >= 4 is 28.8 Å². The van der Waals surface area contributed by atoms with Gasteiger partial charge in [-0.3, -0.25) is 0 Å². The number of anilines is 2. The van der Waals surface area contributed by atoms with Gasteiger partial charge in [0, 0.05) is 48.4 Å². The third kappa shape index (κ3) is 8.64. The Morgan fingerprint density at radius 1 is 1.02 bits per heavy atom. The van der Waals surface area contributed by atoms with Crippen LogP contribution in [-0.4, -0.2) is 68.7 Å². The first-order valence-electron chi connectivity index (χ1n) is 15.4. The summed E-state index contributed by atoms with van der Waals surface area (Å²) in [5.74, 6) is 2.48. The zero-order chi connectivity index (χ0) is 32.0. The molecule has 1 aliphatic rings. The summed E-state index contributed by atoms with van der Waals surface area (Å²) >= 11 is 0. The van der Waals surface area contributed by atoms with Crippen LogP contribution in [-0.2, 0) is 16.1 Å². The number of benzene rings is 1. The van der Waals surface area contributed by atoms with Gasteiger partial charge in [-0.05, 0) is 77.3 Å². The van der Waals surface area contributed by atoms with Crippen LogP contribution >= 0.6 is 0 Å². The molecule has 0 aliphatic carbocycles. The second kappa shape index (κ2) is 14.2. The molecule has 11 heteroatoms. The van der Waals surface area contributed by atoms with Crippen molar-refractivity contribution in [2.45, 2.75) is 77.9 Å². The van der Waals surface area contributed by atoms with Crippen LogP contribution in [0.4, 0.5) is 16.4 Å². The Morgan fingerprint density at radius 3 is 2.51 bits per heavy atom. The van der Waals surface area contributed by atoms with E-state index in [0.29, 0.717) is 17.6 Å². The number of carbonyl (C=O) groups excluding carboxylic acids is 1. The summed E-state index contributed by atoms with van der Waals surface area (Å²) in [6.07, 6.45) is 1.73. The quantitative estimate of drug-likeness (QED) is 0.203. The predicted molar refractivity (Wildman–Crippen MR) is 174 cm³/mol. The maximum absolute atomic E-state index is 12.7. The lowest BCUT2D eigenvalue weighted by atomic mass is 9.92. The molecule has 3 aromatic heterocycles. The molecule has 1 aliphatic heterocycles. The summed E-state index contributed by atoms with van der Waals surface area (Å²) in [5.41, 5.74) is 2.99. The minimum atomic E-state index is -1.29. The Bertz CT molecular complexity index is 1590. The van der Waals surface area contributed by atoms with Crippen LogP contribution in [0.5, 0.6) is 0 Å². The Hall–Kier alpha value is -4.35. The third-order valence-electron chi connectivity index (χ3n) is 7.75. The number of amides is 1. The fourth-order valence-corrected chi connectivity index (χ4v) is 5.47. The van der Waals surface area contributed by atoms with Crippen LogP contribution in [0, 0.1) is 13.8 Å². The second-order valence-corrected chi connectivity index (χ2v) is 12.4. The van der Waals surface area contributed by atoms with Crippen LogP contribution in [0.1, 0.15) is 62.2 Å². The van der Waals surface area contributed by atoms with E-state index in [9.17, 15) is 9.90 Å². The predicted octanol–water partition coefficient (Wildman–Crippen LogP) is 5.26. The van der Waals surface area contributed by atoms with Crippen LogP contribution in [0.3, 0.4) is 0 Å². The van der Waals surface area contributed by atoms with Crippen molar-refractivity contribution in [3.05, 3.63) is 83.4 Å². The van der Waals surface area contributed by atoms with E-state index in [0.717, 1.165) is 59.6 Å². The molecule has 2 atom stereocenters. The molecule has 1 fully saturated rings. The first kappa shape index (κ1) is 32.1. The van der Waals surface area contributed by atoms with E-state index in [2.05, 4.69) is 37.6 Å². The largest absolute Gasteiger partial charge is 0.445 e. The number of aliphatic hydroxyl groups is 1. The molecule has 1 aromatic carbocycles. The molecule has 1 saturated heterocycles. The highest BCUT2D eigenvalue weighted by molar-refractivity contribution is 5.74. The van der Waals surface area contributed by atoms with Crippen molar-refractivity contribution in [1.82, 2.24) is 25.3 Å². The molecular formula is C34H43N7O4. The first-order chi connectivity index (χ1) is 21.6. The van der Waals surface area contributed by atoms with Crippen LogP contribution in [0.15, 0.2) is 60.8 Å². The van der Waals surface area contributed by atoms with Crippen LogP contribution in [0.25, 0.3) is 11.0 Å². The standard InChI is InChI=1S/C34H43N7O4/c1-22-29(36-20-28(32(42)45-34(3,4)5)40-33(43)44-21-24-10-7-6-8-11-24)37-23(2)38-31(22)41-18-15-25(16-19-41)27-14-13-26-12-9-17-35-30(26)39-27/h6-14,17,25,28,32,42H,15-16,18-21H2,1-5H3,(H,40,43)(H,36,37,38)/t28-,32-/m0/s1. The van der Waals surface area contributed by atoms with Gasteiger partial charge in [-0.1, -0.05) is 30.3 Å². The van der Waals surface area contributed by atoms with Gasteiger partial charge in [-0.2, -0.15) is 0 Å². The number of fused-ring (bicyclic) bond motifs is 1. The summed E-state index contributed by atoms with van der Waals surface area (Å²) in [7, 11) is 0. The van der Waals surface area contributed by atoms with Gasteiger partial charge in [0.1, 0.15) is 30.1 Å². The van der Waals surface area contributed by atoms with E-state index in [-0.39, 0.29) is 13.2 Å². The monoisotopic (exact) mass is 613 g/mol. The molecule has 0 spiro atoms. The van der Waals surface area contributed by atoms with E-state index < -0.39 is 24.0 Å². The summed E-state index contributed by atoms with van der Waals surface area (Å²) < 4.78 is 11.2. The van der Waals surface area contributed by atoms with Gasteiger partial charge >= 0.3 is 6.09 Å². The first-order valence-corrected chi connectivity index (χ1v) is 15.4. The van der Waals surface area contributed by atoms with Gasteiger partial charge in [-0.25, -0.2) is 24.7 Å². The van der Waals surface area contributed by atoms with Gasteiger partial charge in [0.25, 0.3) is 0 Å². The van der Waals surface area contributed by atoms with Crippen molar-refractivity contribution in [3.63, 3.8) is 0 Å². The lowest BCUT2D eigenvalue weighted by Crippen LogP contribution is -2.50. The van der Waals surface area contributed by atoms with Crippen molar-refractivity contribution in [3.8, 4) is 0 Å². The zero-order valence-electron chi connectivity index (χ0n) is 26.7. The minimum Gasteiger partial charge on any atom is -0.445 e. The number of rotatable bonds is 10. The number of aliphatic hydroxyl groups excluding tert-OH is 1. The number of hydrogen-bond donors (Lipinski definition) is 3. The Kier molecular flexibility index (Phi) is 10.1. The molecule has 0 unspecified atom stereocenters. The van der Waals surface area contributed by atoms with Gasteiger partial charge in [0.15, 0.2) is 11.9 Å². The van der Waals surface area contributed by atoms with Crippen molar-refractivity contribution in [2.75, 3.05) is 29.9 Å². The number of hydrogen-bond acceptors (Lipinski definition) is 10. The van der Waals surface area contributed by atoms with E-state index in [1.54, 1.807) is 6.20 Å². The summed E-state index contributed by atoms with van der Waals surface area (Å²) in [4.78, 5) is 33.7. The Balaban J connectivity index is 1.24. The molecule has 0 saturated carbocycles. The third-order valence-corrected chi connectivity index (χ3v) is 7.75. The maximum Gasteiger partial charge on any atom is 0.407 e. The van der Waals surface area contributed by atoms with Gasteiger partial charge in [0.05, 0.1) is 5.60 Å². The highest BCUT2D eigenvalue weighted by Crippen LogP contribution is 2.32. The molecule has 5 rings (SSSR count). The van der Waals surface area contributed by atoms with Gasteiger partial charge < -0.3 is 30.1 Å². The highest BCUT2D eigenvalue weighted by Gasteiger charge is 2.29. The molecular weight excluding hydrogens is 570 g/mol.